The average molecular weight is 449 g/mol. The van der Waals surface area contributed by atoms with Crippen molar-refractivity contribution in [3.63, 3.8) is 0 Å². The highest BCUT2D eigenvalue weighted by Gasteiger charge is 2.71. The first-order valence-corrected chi connectivity index (χ1v) is 10.8. The number of aliphatic hydroxyl groups excluding tert-OH is 1. The van der Waals surface area contributed by atoms with Crippen LogP contribution in [0.4, 0.5) is 0 Å². The summed E-state index contributed by atoms with van der Waals surface area (Å²) in [7, 11) is 0. The Morgan fingerprint density at radius 3 is 2.34 bits per heavy atom. The average Bonchev–Trinajstić information content (AvgIpc) is 2.71. The summed E-state index contributed by atoms with van der Waals surface area (Å²) in [6.07, 6.45) is -2.17. The topological polar surface area (TPSA) is 119 Å². The van der Waals surface area contributed by atoms with Gasteiger partial charge in [0.05, 0.1) is 17.6 Å². The number of hydrogen-bond donors (Lipinski definition) is 2. The molecule has 0 spiro atoms. The lowest BCUT2D eigenvalue weighted by atomic mass is 9.48. The minimum Gasteiger partial charge on any atom is -0.458 e. The molecule has 0 radical (unpaired) electrons. The SMILES string of the molecule is C=C(C)C(=O)OC1C2C(=C)C(=O)OC(C2OC(=O)C(C)=CC)C2(C)C(O)CCC(C)(O)C12. The summed E-state index contributed by atoms with van der Waals surface area (Å²) < 4.78 is 17.2. The summed E-state index contributed by atoms with van der Waals surface area (Å²) in [5.41, 5.74) is -2.16. The second-order valence-electron chi connectivity index (χ2n) is 9.62. The first kappa shape index (κ1) is 24.2. The first-order chi connectivity index (χ1) is 14.8. The van der Waals surface area contributed by atoms with Gasteiger partial charge in [-0.05, 0) is 40.5 Å². The molecule has 2 saturated carbocycles. The van der Waals surface area contributed by atoms with Crippen molar-refractivity contribution in [3.05, 3.63) is 36.0 Å². The summed E-state index contributed by atoms with van der Waals surface area (Å²) >= 11 is 0. The maximum atomic E-state index is 12.7. The van der Waals surface area contributed by atoms with Crippen molar-refractivity contribution in [2.24, 2.45) is 17.3 Å². The van der Waals surface area contributed by atoms with Gasteiger partial charge in [0.2, 0.25) is 0 Å². The van der Waals surface area contributed by atoms with Crippen LogP contribution in [0, 0.1) is 17.3 Å². The van der Waals surface area contributed by atoms with Crippen LogP contribution in [0.5, 0.6) is 0 Å². The van der Waals surface area contributed by atoms with E-state index in [4.69, 9.17) is 14.2 Å². The van der Waals surface area contributed by atoms with E-state index in [0.29, 0.717) is 5.57 Å². The van der Waals surface area contributed by atoms with E-state index in [-0.39, 0.29) is 24.0 Å². The molecule has 32 heavy (non-hydrogen) atoms. The number of carbonyl (C=O) groups is 3. The van der Waals surface area contributed by atoms with Crippen LogP contribution in [-0.4, -0.2) is 58.1 Å². The van der Waals surface area contributed by atoms with E-state index in [2.05, 4.69) is 13.2 Å². The number of rotatable bonds is 4. The van der Waals surface area contributed by atoms with Gasteiger partial charge in [0, 0.05) is 28.1 Å². The van der Waals surface area contributed by atoms with Crippen molar-refractivity contribution in [3.8, 4) is 0 Å². The lowest BCUT2D eigenvalue weighted by molar-refractivity contribution is -0.291. The van der Waals surface area contributed by atoms with E-state index >= 15 is 0 Å². The summed E-state index contributed by atoms with van der Waals surface area (Å²) in [5.74, 6) is -3.83. The second kappa shape index (κ2) is 8.15. The molecule has 8 heteroatoms. The van der Waals surface area contributed by atoms with E-state index in [1.807, 2.05) is 0 Å². The number of carbonyl (C=O) groups excluding carboxylic acids is 3. The monoisotopic (exact) mass is 448 g/mol. The molecule has 8 nitrogen and oxygen atoms in total. The van der Waals surface area contributed by atoms with E-state index in [9.17, 15) is 24.6 Å². The van der Waals surface area contributed by atoms with Crippen molar-refractivity contribution in [2.45, 2.75) is 77.5 Å². The highest BCUT2D eigenvalue weighted by molar-refractivity contribution is 5.92. The van der Waals surface area contributed by atoms with Crippen LogP contribution in [0.25, 0.3) is 0 Å². The van der Waals surface area contributed by atoms with E-state index < -0.39 is 65.2 Å². The molecule has 2 aliphatic carbocycles. The molecule has 0 aromatic carbocycles. The molecule has 2 bridgehead atoms. The fourth-order valence-electron chi connectivity index (χ4n) is 5.54. The third-order valence-corrected chi connectivity index (χ3v) is 7.42. The Kier molecular flexibility index (Phi) is 6.17. The summed E-state index contributed by atoms with van der Waals surface area (Å²) in [6.45, 7) is 15.5. The maximum absolute atomic E-state index is 12.7. The normalized spacial score (nSPS) is 41.3. The molecular weight excluding hydrogens is 416 g/mol. The van der Waals surface area contributed by atoms with Gasteiger partial charge in [0.1, 0.15) is 12.2 Å². The van der Waals surface area contributed by atoms with Gasteiger partial charge in [0.25, 0.3) is 0 Å². The number of allylic oxidation sites excluding steroid dienone is 1. The van der Waals surface area contributed by atoms with Crippen molar-refractivity contribution < 1.29 is 38.8 Å². The predicted molar refractivity (Wildman–Crippen MR) is 114 cm³/mol. The van der Waals surface area contributed by atoms with Crippen LogP contribution >= 0.6 is 0 Å². The molecule has 8 unspecified atom stereocenters. The van der Waals surface area contributed by atoms with E-state index in [0.717, 1.165) is 0 Å². The molecule has 2 N–H and O–H groups in total. The standard InChI is InChI=1S/C24H32O8/c1-8-12(4)21(27)31-17-15-13(5)22(28)32-19(17)24(7)14(25)9-10-23(6,29)18(24)16(15)30-20(26)11(2)3/h8,14-19,25,29H,2,5,9-10H2,1,3-4,6-7H3. The maximum Gasteiger partial charge on any atom is 0.334 e. The molecule has 1 aliphatic heterocycles. The van der Waals surface area contributed by atoms with Crippen LogP contribution in [0.1, 0.15) is 47.5 Å². The van der Waals surface area contributed by atoms with Crippen LogP contribution in [0.15, 0.2) is 36.0 Å². The van der Waals surface area contributed by atoms with E-state index in [1.54, 1.807) is 33.8 Å². The van der Waals surface area contributed by atoms with Crippen molar-refractivity contribution in [1.29, 1.82) is 0 Å². The molecule has 3 fully saturated rings. The molecule has 176 valence electrons. The number of ether oxygens (including phenoxy) is 3. The van der Waals surface area contributed by atoms with Gasteiger partial charge in [0.15, 0.2) is 6.10 Å². The fourth-order valence-corrected chi connectivity index (χ4v) is 5.54. The summed E-state index contributed by atoms with van der Waals surface area (Å²) in [6, 6.07) is 0. The molecule has 0 amide bonds. The molecular formula is C24H32O8. The van der Waals surface area contributed by atoms with Gasteiger partial charge in [-0.1, -0.05) is 26.2 Å². The summed E-state index contributed by atoms with van der Waals surface area (Å²) in [4.78, 5) is 38.0. The molecule has 0 aromatic heterocycles. The minimum atomic E-state index is -1.36. The first-order valence-electron chi connectivity index (χ1n) is 10.8. The van der Waals surface area contributed by atoms with Gasteiger partial charge in [-0.25, -0.2) is 14.4 Å². The van der Waals surface area contributed by atoms with Gasteiger partial charge in [-0.2, -0.15) is 0 Å². The van der Waals surface area contributed by atoms with Gasteiger partial charge >= 0.3 is 17.9 Å². The van der Waals surface area contributed by atoms with Crippen molar-refractivity contribution >= 4 is 17.9 Å². The van der Waals surface area contributed by atoms with Crippen LogP contribution in [0.3, 0.4) is 0 Å². The van der Waals surface area contributed by atoms with Crippen LogP contribution in [-0.2, 0) is 28.6 Å². The fraction of sp³-hybridized carbons (Fsp3) is 0.625. The number of hydrogen-bond acceptors (Lipinski definition) is 8. The zero-order chi connectivity index (χ0) is 24.2. The Hall–Kier alpha value is -2.45. The van der Waals surface area contributed by atoms with Gasteiger partial charge < -0.3 is 24.4 Å². The summed E-state index contributed by atoms with van der Waals surface area (Å²) in [5, 5.41) is 22.5. The predicted octanol–water partition coefficient (Wildman–Crippen LogP) is 1.99. The Bertz CT molecular complexity index is 900. The second-order valence-corrected chi connectivity index (χ2v) is 9.62. The third kappa shape index (κ3) is 3.59. The zero-order valence-electron chi connectivity index (χ0n) is 19.2. The van der Waals surface area contributed by atoms with E-state index in [1.165, 1.54) is 6.92 Å². The number of aliphatic hydroxyl groups is 2. The van der Waals surface area contributed by atoms with Crippen molar-refractivity contribution in [2.75, 3.05) is 0 Å². The van der Waals surface area contributed by atoms with Gasteiger partial charge in [-0.15, -0.1) is 0 Å². The smallest absolute Gasteiger partial charge is 0.334 e. The number of fused-ring (bicyclic) bond motifs is 4. The quantitative estimate of drug-likeness (QED) is 0.381. The molecule has 3 rings (SSSR count). The van der Waals surface area contributed by atoms with Gasteiger partial charge in [-0.3, -0.25) is 0 Å². The molecule has 8 atom stereocenters. The lowest BCUT2D eigenvalue weighted by Crippen LogP contribution is -2.75. The molecule has 0 aromatic rings. The Morgan fingerprint density at radius 2 is 1.78 bits per heavy atom. The number of esters is 3. The van der Waals surface area contributed by atoms with Crippen LogP contribution < -0.4 is 0 Å². The van der Waals surface area contributed by atoms with Crippen LogP contribution in [0.2, 0.25) is 0 Å². The lowest BCUT2D eigenvalue weighted by Gasteiger charge is -2.63. The highest BCUT2D eigenvalue weighted by atomic mass is 16.6. The Balaban J connectivity index is 2.21. The zero-order valence-corrected chi connectivity index (χ0v) is 19.2. The Labute approximate surface area is 187 Å². The molecule has 1 heterocycles. The van der Waals surface area contributed by atoms with Crippen molar-refractivity contribution in [1.82, 2.24) is 0 Å². The molecule has 3 aliphatic rings. The largest absolute Gasteiger partial charge is 0.458 e. The third-order valence-electron chi connectivity index (χ3n) is 7.42. The molecule has 1 saturated heterocycles. The Morgan fingerprint density at radius 1 is 1.19 bits per heavy atom. The highest BCUT2D eigenvalue weighted by Crippen LogP contribution is 2.60. The minimum absolute atomic E-state index is 0.0189.